The third-order valence-corrected chi connectivity index (χ3v) is 5.57. The van der Waals surface area contributed by atoms with Crippen LogP contribution in [-0.4, -0.2) is 41.9 Å². The van der Waals surface area contributed by atoms with Crippen LogP contribution in [0.2, 0.25) is 0 Å². The van der Waals surface area contributed by atoms with Gasteiger partial charge in [-0.05, 0) is 30.0 Å². The first-order valence-electron chi connectivity index (χ1n) is 9.56. The molecule has 5 nitrogen and oxygen atoms in total. The van der Waals surface area contributed by atoms with Crippen LogP contribution < -0.4 is 10.6 Å². The first-order valence-corrected chi connectivity index (χ1v) is 10.4. The fraction of sp³-hybridized carbons (Fsp3) is 0.318. The van der Waals surface area contributed by atoms with Crippen LogP contribution in [-0.2, 0) is 6.42 Å². The van der Waals surface area contributed by atoms with Crippen molar-refractivity contribution in [3.8, 4) is 0 Å². The summed E-state index contributed by atoms with van der Waals surface area (Å²) in [5.41, 5.74) is 1.09. The lowest BCUT2D eigenvalue weighted by atomic mass is 10.1. The van der Waals surface area contributed by atoms with E-state index in [1.807, 2.05) is 55.5 Å². The molecule has 3 aromatic rings. The Balaban J connectivity index is 1.55. The molecule has 148 valence electrons. The smallest absolute Gasteiger partial charge is 0.191 e. The summed E-state index contributed by atoms with van der Waals surface area (Å²) in [6.45, 7) is 3.34. The second-order valence-corrected chi connectivity index (χ2v) is 7.76. The topological polar surface area (TPSA) is 76.9 Å². The minimum atomic E-state index is -0.615. The third kappa shape index (κ3) is 5.79. The van der Waals surface area contributed by atoms with Crippen LogP contribution in [0.15, 0.2) is 65.7 Å². The van der Waals surface area contributed by atoms with Crippen LogP contribution in [0.4, 0.5) is 0 Å². The van der Waals surface area contributed by atoms with E-state index in [0.717, 1.165) is 15.8 Å². The molecule has 4 N–H and O–H groups in total. The van der Waals surface area contributed by atoms with Gasteiger partial charge in [0.1, 0.15) is 6.10 Å². The highest BCUT2D eigenvalue weighted by Gasteiger charge is 2.12. The van der Waals surface area contributed by atoms with Gasteiger partial charge >= 0.3 is 0 Å². The molecular weight excluding hydrogens is 370 g/mol. The lowest BCUT2D eigenvalue weighted by Crippen LogP contribution is -2.40. The number of aliphatic hydroxyl groups is 2. The highest BCUT2D eigenvalue weighted by atomic mass is 32.1. The molecule has 1 heterocycles. The van der Waals surface area contributed by atoms with Gasteiger partial charge in [0.05, 0.1) is 12.6 Å². The molecule has 6 heteroatoms. The van der Waals surface area contributed by atoms with E-state index in [-0.39, 0.29) is 0 Å². The van der Waals surface area contributed by atoms with Gasteiger partial charge in [0.15, 0.2) is 5.96 Å². The van der Waals surface area contributed by atoms with E-state index < -0.39 is 12.2 Å². The van der Waals surface area contributed by atoms with E-state index in [2.05, 4.69) is 27.8 Å². The lowest BCUT2D eigenvalue weighted by Gasteiger charge is -2.15. The zero-order valence-corrected chi connectivity index (χ0v) is 16.8. The predicted molar refractivity (Wildman–Crippen MR) is 117 cm³/mol. The van der Waals surface area contributed by atoms with Crippen molar-refractivity contribution in [1.29, 1.82) is 0 Å². The number of aliphatic hydroxyl groups excluding tert-OH is 2. The van der Waals surface area contributed by atoms with Crippen molar-refractivity contribution in [2.45, 2.75) is 25.6 Å². The van der Waals surface area contributed by atoms with Gasteiger partial charge in [-0.1, -0.05) is 48.5 Å². The van der Waals surface area contributed by atoms with Crippen molar-refractivity contribution in [3.63, 3.8) is 0 Å². The SMILES string of the molecule is CCNC(=NCC(O)Cc1ccccc1)NCC(O)c1cc2ccccc2s1. The van der Waals surface area contributed by atoms with E-state index in [9.17, 15) is 10.2 Å². The van der Waals surface area contributed by atoms with Crippen molar-refractivity contribution >= 4 is 27.4 Å². The number of rotatable bonds is 8. The molecule has 0 amide bonds. The van der Waals surface area contributed by atoms with Gasteiger partial charge in [-0.15, -0.1) is 11.3 Å². The number of hydrogen-bond acceptors (Lipinski definition) is 4. The van der Waals surface area contributed by atoms with Gasteiger partial charge in [-0.3, -0.25) is 4.99 Å². The van der Waals surface area contributed by atoms with Crippen molar-refractivity contribution in [2.75, 3.05) is 19.6 Å². The minimum Gasteiger partial charge on any atom is -0.391 e. The number of nitrogens with one attached hydrogen (secondary N) is 2. The Kier molecular flexibility index (Phi) is 7.42. The molecule has 0 bridgehead atoms. The summed E-state index contributed by atoms with van der Waals surface area (Å²) in [7, 11) is 0. The second-order valence-electron chi connectivity index (χ2n) is 6.65. The molecule has 0 spiro atoms. The summed E-state index contributed by atoms with van der Waals surface area (Å²) in [6, 6.07) is 20.0. The maximum Gasteiger partial charge on any atom is 0.191 e. The van der Waals surface area contributed by atoms with Crippen LogP contribution in [0.3, 0.4) is 0 Å². The summed E-state index contributed by atoms with van der Waals surface area (Å²) < 4.78 is 1.17. The molecule has 28 heavy (non-hydrogen) atoms. The monoisotopic (exact) mass is 397 g/mol. The lowest BCUT2D eigenvalue weighted by molar-refractivity contribution is 0.181. The molecule has 1 aromatic heterocycles. The van der Waals surface area contributed by atoms with Gasteiger partial charge in [0, 0.05) is 29.1 Å². The number of thiophene rings is 1. The summed E-state index contributed by atoms with van der Waals surface area (Å²) in [5, 5.41) is 28.2. The summed E-state index contributed by atoms with van der Waals surface area (Å²) >= 11 is 1.60. The first-order chi connectivity index (χ1) is 13.7. The molecule has 0 saturated heterocycles. The molecule has 0 radical (unpaired) electrons. The first kappa shape index (κ1) is 20.3. The summed E-state index contributed by atoms with van der Waals surface area (Å²) in [5.74, 6) is 0.592. The molecule has 2 aromatic carbocycles. The van der Waals surface area contributed by atoms with Crippen LogP contribution in [0.5, 0.6) is 0 Å². The Hall–Kier alpha value is -2.41. The van der Waals surface area contributed by atoms with E-state index in [1.165, 1.54) is 4.70 Å². The number of hydrogen-bond donors (Lipinski definition) is 4. The average molecular weight is 398 g/mol. The molecule has 3 rings (SSSR count). The normalized spacial score (nSPS) is 14.0. The van der Waals surface area contributed by atoms with Gasteiger partial charge in [-0.25, -0.2) is 0 Å². The number of guanidine groups is 1. The van der Waals surface area contributed by atoms with E-state index >= 15 is 0 Å². The van der Waals surface area contributed by atoms with Crippen molar-refractivity contribution < 1.29 is 10.2 Å². The second kappa shape index (κ2) is 10.2. The molecule has 2 unspecified atom stereocenters. The quantitative estimate of drug-likeness (QED) is 0.348. The zero-order chi connectivity index (χ0) is 19.8. The molecule has 0 fully saturated rings. The van der Waals surface area contributed by atoms with Crippen LogP contribution >= 0.6 is 11.3 Å². The maximum absolute atomic E-state index is 10.5. The van der Waals surface area contributed by atoms with Gasteiger partial charge in [0.25, 0.3) is 0 Å². The number of nitrogens with zero attached hydrogens (tertiary/aromatic N) is 1. The third-order valence-electron chi connectivity index (χ3n) is 4.35. The fourth-order valence-electron chi connectivity index (χ4n) is 2.95. The standard InChI is InChI=1S/C22H27N3O2S/c1-2-23-22(24-14-18(26)12-16-8-4-3-5-9-16)25-15-19(27)21-13-17-10-6-7-11-20(17)28-21/h3-11,13,18-19,26-27H,2,12,14-15H2,1H3,(H2,23,24,25). The van der Waals surface area contributed by atoms with Gasteiger partial charge in [0.2, 0.25) is 0 Å². The van der Waals surface area contributed by atoms with E-state index in [4.69, 9.17) is 0 Å². The highest BCUT2D eigenvalue weighted by Crippen LogP contribution is 2.29. The predicted octanol–water partition coefficient (Wildman–Crippen LogP) is 3.09. The Morgan fingerprint density at radius 1 is 1.04 bits per heavy atom. The largest absolute Gasteiger partial charge is 0.391 e. The number of benzene rings is 2. The summed E-state index contributed by atoms with van der Waals surface area (Å²) in [4.78, 5) is 5.38. The average Bonchev–Trinajstić information content (AvgIpc) is 3.15. The van der Waals surface area contributed by atoms with E-state index in [1.54, 1.807) is 11.3 Å². The van der Waals surface area contributed by atoms with Crippen molar-refractivity contribution in [2.24, 2.45) is 4.99 Å². The zero-order valence-electron chi connectivity index (χ0n) is 16.0. The Labute approximate surface area is 169 Å². The van der Waals surface area contributed by atoms with Crippen molar-refractivity contribution in [3.05, 3.63) is 71.1 Å². The Morgan fingerprint density at radius 3 is 2.54 bits per heavy atom. The molecule has 2 atom stereocenters. The van der Waals surface area contributed by atoms with Gasteiger partial charge in [-0.2, -0.15) is 0 Å². The Bertz CT molecular complexity index is 862. The summed E-state index contributed by atoms with van der Waals surface area (Å²) in [6.07, 6.45) is -0.602. The Morgan fingerprint density at radius 2 is 1.79 bits per heavy atom. The molecule has 0 aliphatic rings. The molecule has 0 saturated carbocycles. The molecule has 0 aliphatic carbocycles. The van der Waals surface area contributed by atoms with Crippen LogP contribution in [0.1, 0.15) is 23.5 Å². The van der Waals surface area contributed by atoms with Crippen LogP contribution in [0.25, 0.3) is 10.1 Å². The molecular formula is C22H27N3O2S. The fourth-order valence-corrected chi connectivity index (χ4v) is 4.00. The van der Waals surface area contributed by atoms with Gasteiger partial charge < -0.3 is 20.8 Å². The van der Waals surface area contributed by atoms with Crippen LogP contribution in [0, 0.1) is 0 Å². The maximum atomic E-state index is 10.5. The van der Waals surface area contributed by atoms with E-state index in [0.29, 0.717) is 32.0 Å². The number of fused-ring (bicyclic) bond motifs is 1. The molecule has 0 aliphatic heterocycles. The number of aliphatic imine (C=N–C) groups is 1. The minimum absolute atomic E-state index is 0.295. The highest BCUT2D eigenvalue weighted by molar-refractivity contribution is 7.19. The van der Waals surface area contributed by atoms with Crippen molar-refractivity contribution in [1.82, 2.24) is 10.6 Å².